The van der Waals surface area contributed by atoms with Crippen molar-refractivity contribution >= 4 is 5.97 Å². The van der Waals surface area contributed by atoms with Gasteiger partial charge in [0.25, 0.3) is 0 Å². The first-order chi connectivity index (χ1) is 4.87. The van der Waals surface area contributed by atoms with Gasteiger partial charge in [0, 0.05) is 5.54 Å². The van der Waals surface area contributed by atoms with Crippen molar-refractivity contribution in [2.75, 3.05) is 7.11 Å². The van der Waals surface area contributed by atoms with Gasteiger partial charge in [-0.15, -0.1) is 0 Å². The van der Waals surface area contributed by atoms with Gasteiger partial charge < -0.3 is 10.5 Å². The molecule has 1 atom stereocenters. The molecule has 3 nitrogen and oxygen atoms in total. The van der Waals surface area contributed by atoms with Crippen LogP contribution in [0.1, 0.15) is 27.2 Å². The molecular weight excluding hydrogens is 142 g/mol. The summed E-state index contributed by atoms with van der Waals surface area (Å²) < 4.78 is 4.56. The average molecular weight is 159 g/mol. The van der Waals surface area contributed by atoms with Crippen molar-refractivity contribution in [3.8, 4) is 0 Å². The predicted octanol–water partition coefficient (Wildman–Crippen LogP) is 0.923. The zero-order valence-electron chi connectivity index (χ0n) is 7.68. The molecule has 66 valence electrons. The average Bonchev–Trinajstić information content (AvgIpc) is 1.82. The second kappa shape index (κ2) is 3.72. The van der Waals surface area contributed by atoms with Crippen molar-refractivity contribution in [2.24, 2.45) is 11.7 Å². The Labute approximate surface area is 67.9 Å². The molecule has 0 saturated heterocycles. The van der Waals surface area contributed by atoms with Gasteiger partial charge in [-0.2, -0.15) is 0 Å². The van der Waals surface area contributed by atoms with Gasteiger partial charge in [0.15, 0.2) is 0 Å². The Morgan fingerprint density at radius 1 is 1.64 bits per heavy atom. The van der Waals surface area contributed by atoms with E-state index in [1.165, 1.54) is 7.11 Å². The maximum atomic E-state index is 10.9. The van der Waals surface area contributed by atoms with Crippen LogP contribution < -0.4 is 5.73 Å². The molecule has 0 saturated carbocycles. The Morgan fingerprint density at radius 2 is 2.09 bits per heavy atom. The van der Waals surface area contributed by atoms with E-state index in [4.69, 9.17) is 5.73 Å². The summed E-state index contributed by atoms with van der Waals surface area (Å²) in [5.41, 5.74) is 5.42. The van der Waals surface area contributed by atoms with Gasteiger partial charge in [-0.05, 0) is 20.3 Å². The second-order valence-electron chi connectivity index (χ2n) is 3.62. The molecular formula is C8H17NO2. The molecule has 0 aliphatic rings. The molecule has 1 unspecified atom stereocenters. The minimum atomic E-state index is -0.298. The van der Waals surface area contributed by atoms with Gasteiger partial charge in [0.05, 0.1) is 13.0 Å². The SMILES string of the molecule is COC(=O)C(C)CC(C)(C)N. The Morgan fingerprint density at radius 3 is 2.36 bits per heavy atom. The van der Waals surface area contributed by atoms with Crippen LogP contribution in [0, 0.1) is 5.92 Å². The molecule has 11 heavy (non-hydrogen) atoms. The highest BCUT2D eigenvalue weighted by molar-refractivity contribution is 5.71. The number of hydrogen-bond acceptors (Lipinski definition) is 3. The lowest BCUT2D eigenvalue weighted by Crippen LogP contribution is -2.35. The van der Waals surface area contributed by atoms with Gasteiger partial charge in [-0.25, -0.2) is 0 Å². The maximum Gasteiger partial charge on any atom is 0.308 e. The van der Waals surface area contributed by atoms with Crippen molar-refractivity contribution in [1.29, 1.82) is 0 Å². The molecule has 0 aliphatic carbocycles. The van der Waals surface area contributed by atoms with Crippen LogP contribution in [0.5, 0.6) is 0 Å². The van der Waals surface area contributed by atoms with Crippen molar-refractivity contribution in [3.63, 3.8) is 0 Å². The Balaban J connectivity index is 3.87. The third-order valence-corrected chi connectivity index (χ3v) is 1.44. The van der Waals surface area contributed by atoms with Crippen LogP contribution in [0.2, 0.25) is 0 Å². The number of carbonyl (C=O) groups excluding carboxylic acids is 1. The second-order valence-corrected chi connectivity index (χ2v) is 3.62. The third-order valence-electron chi connectivity index (χ3n) is 1.44. The van der Waals surface area contributed by atoms with E-state index in [9.17, 15) is 4.79 Å². The topological polar surface area (TPSA) is 52.3 Å². The summed E-state index contributed by atoms with van der Waals surface area (Å²) in [7, 11) is 1.39. The Hall–Kier alpha value is -0.570. The molecule has 2 N–H and O–H groups in total. The first kappa shape index (κ1) is 10.4. The zero-order chi connectivity index (χ0) is 9.07. The molecule has 0 aromatic heterocycles. The normalized spacial score (nSPS) is 14.3. The lowest BCUT2D eigenvalue weighted by atomic mass is 9.93. The highest BCUT2D eigenvalue weighted by atomic mass is 16.5. The highest BCUT2D eigenvalue weighted by Gasteiger charge is 2.21. The van der Waals surface area contributed by atoms with Crippen LogP contribution in [0.25, 0.3) is 0 Å². The molecule has 0 spiro atoms. The van der Waals surface area contributed by atoms with Gasteiger partial charge in [0.2, 0.25) is 0 Å². The summed E-state index contributed by atoms with van der Waals surface area (Å²) in [4.78, 5) is 10.9. The number of hydrogen-bond donors (Lipinski definition) is 1. The summed E-state index contributed by atoms with van der Waals surface area (Å²) in [6.45, 7) is 5.61. The Kier molecular flexibility index (Phi) is 3.52. The lowest BCUT2D eigenvalue weighted by molar-refractivity contribution is -0.145. The number of carbonyl (C=O) groups is 1. The number of esters is 1. The van der Waals surface area contributed by atoms with Gasteiger partial charge in [-0.3, -0.25) is 4.79 Å². The molecule has 0 aromatic rings. The van der Waals surface area contributed by atoms with Crippen LogP contribution >= 0.6 is 0 Å². The molecule has 0 rings (SSSR count). The van der Waals surface area contributed by atoms with E-state index >= 15 is 0 Å². The number of methoxy groups -OCH3 is 1. The largest absolute Gasteiger partial charge is 0.469 e. The van der Waals surface area contributed by atoms with E-state index in [0.717, 1.165) is 0 Å². The quantitative estimate of drug-likeness (QED) is 0.623. The van der Waals surface area contributed by atoms with E-state index in [1.54, 1.807) is 0 Å². The van der Waals surface area contributed by atoms with Gasteiger partial charge in [-0.1, -0.05) is 6.92 Å². The van der Waals surface area contributed by atoms with Crippen LogP contribution in [0.4, 0.5) is 0 Å². The van der Waals surface area contributed by atoms with E-state index < -0.39 is 0 Å². The first-order valence-corrected chi connectivity index (χ1v) is 3.73. The molecule has 0 aliphatic heterocycles. The van der Waals surface area contributed by atoms with E-state index in [-0.39, 0.29) is 17.4 Å². The van der Waals surface area contributed by atoms with E-state index in [1.807, 2.05) is 20.8 Å². The number of rotatable bonds is 3. The monoisotopic (exact) mass is 159 g/mol. The molecule has 0 radical (unpaired) electrons. The summed E-state index contributed by atoms with van der Waals surface area (Å²) >= 11 is 0. The molecule has 0 fully saturated rings. The van der Waals surface area contributed by atoms with Crippen LogP contribution in [0.3, 0.4) is 0 Å². The van der Waals surface area contributed by atoms with E-state index in [0.29, 0.717) is 6.42 Å². The molecule has 0 heterocycles. The zero-order valence-corrected chi connectivity index (χ0v) is 7.68. The summed E-state index contributed by atoms with van der Waals surface area (Å²) in [6.07, 6.45) is 0.652. The number of ether oxygens (including phenoxy) is 1. The van der Waals surface area contributed by atoms with Crippen molar-refractivity contribution in [2.45, 2.75) is 32.7 Å². The van der Waals surface area contributed by atoms with Crippen molar-refractivity contribution < 1.29 is 9.53 Å². The summed E-state index contributed by atoms with van der Waals surface area (Å²) in [5.74, 6) is -0.302. The standard InChI is InChI=1S/C8H17NO2/c1-6(7(10)11-4)5-8(2,3)9/h6H,5,9H2,1-4H3. The van der Waals surface area contributed by atoms with Crippen LogP contribution in [-0.2, 0) is 9.53 Å². The Bertz CT molecular complexity index is 138. The fourth-order valence-corrected chi connectivity index (χ4v) is 1.07. The fourth-order valence-electron chi connectivity index (χ4n) is 1.07. The highest BCUT2D eigenvalue weighted by Crippen LogP contribution is 2.13. The first-order valence-electron chi connectivity index (χ1n) is 3.73. The van der Waals surface area contributed by atoms with Crippen LogP contribution in [0.15, 0.2) is 0 Å². The predicted molar refractivity (Wildman–Crippen MR) is 44.1 cm³/mol. The molecule has 0 aromatic carbocycles. The van der Waals surface area contributed by atoms with Gasteiger partial charge in [0.1, 0.15) is 0 Å². The van der Waals surface area contributed by atoms with Gasteiger partial charge >= 0.3 is 5.97 Å². The molecule has 0 amide bonds. The number of nitrogens with two attached hydrogens (primary N) is 1. The third kappa shape index (κ3) is 4.79. The molecule has 3 heteroatoms. The van der Waals surface area contributed by atoms with Crippen molar-refractivity contribution in [3.05, 3.63) is 0 Å². The maximum absolute atomic E-state index is 10.9. The summed E-state index contributed by atoms with van der Waals surface area (Å²) in [6, 6.07) is 0. The minimum absolute atomic E-state index is 0.111. The molecule has 0 bridgehead atoms. The smallest absolute Gasteiger partial charge is 0.308 e. The minimum Gasteiger partial charge on any atom is -0.469 e. The summed E-state index contributed by atoms with van der Waals surface area (Å²) in [5, 5.41) is 0. The lowest BCUT2D eigenvalue weighted by Gasteiger charge is -2.21. The van der Waals surface area contributed by atoms with Crippen LogP contribution in [-0.4, -0.2) is 18.6 Å². The van der Waals surface area contributed by atoms with E-state index in [2.05, 4.69) is 4.74 Å². The van der Waals surface area contributed by atoms with Crippen molar-refractivity contribution in [1.82, 2.24) is 0 Å². The fraction of sp³-hybridized carbons (Fsp3) is 0.875.